The zero-order valence-electron chi connectivity index (χ0n) is 8.99. The van der Waals surface area contributed by atoms with E-state index in [9.17, 15) is 8.42 Å². The van der Waals surface area contributed by atoms with Crippen LogP contribution in [0.2, 0.25) is 5.02 Å². The molecule has 2 aromatic rings. The van der Waals surface area contributed by atoms with Gasteiger partial charge in [-0.1, -0.05) is 11.6 Å². The first-order valence-corrected chi connectivity index (χ1v) is 6.45. The van der Waals surface area contributed by atoms with Gasteiger partial charge in [0.25, 0.3) is 10.0 Å². The molecule has 0 saturated heterocycles. The van der Waals surface area contributed by atoms with Gasteiger partial charge in [-0.25, -0.2) is 9.67 Å². The first-order valence-electron chi connectivity index (χ1n) is 4.63. The molecule has 0 fully saturated rings. The topological polar surface area (TPSA) is 103 Å². The van der Waals surface area contributed by atoms with E-state index in [1.165, 1.54) is 29.3 Å². The van der Waals surface area contributed by atoms with Crippen LogP contribution in [0.5, 0.6) is 0 Å². The summed E-state index contributed by atoms with van der Waals surface area (Å²) in [5.41, 5.74) is 5.71. The maximum atomic E-state index is 11.8. The molecule has 0 aliphatic carbocycles. The standard InChI is InChI=1S/C9H8ClN5O2S/c1-12-18(16,17)8-2-7(11)4-13-9(8)15-5-6(10)3-14-15/h2-5H,1,11H2. The SMILES string of the molecule is C=NS(=O)(=O)c1cc(N)cnc1-n1cc(Cl)cn1. The number of aromatic nitrogens is 3. The third kappa shape index (κ3) is 2.20. The van der Waals surface area contributed by atoms with Crippen LogP contribution in [0.4, 0.5) is 5.69 Å². The molecule has 0 aliphatic heterocycles. The van der Waals surface area contributed by atoms with E-state index in [2.05, 4.69) is 21.2 Å². The van der Waals surface area contributed by atoms with Crippen molar-refractivity contribution in [1.82, 2.24) is 14.8 Å². The van der Waals surface area contributed by atoms with Crippen LogP contribution in [0.25, 0.3) is 5.82 Å². The van der Waals surface area contributed by atoms with E-state index in [1.54, 1.807) is 0 Å². The van der Waals surface area contributed by atoms with Crippen LogP contribution in [-0.4, -0.2) is 29.9 Å². The Morgan fingerprint density at radius 3 is 2.72 bits per heavy atom. The van der Waals surface area contributed by atoms with Crippen LogP contribution in [0.15, 0.2) is 34.0 Å². The Hall–Kier alpha value is -1.93. The molecular formula is C9H8ClN5O2S. The molecule has 2 N–H and O–H groups in total. The average Bonchev–Trinajstić information content (AvgIpc) is 2.75. The molecule has 0 aliphatic rings. The highest BCUT2D eigenvalue weighted by molar-refractivity contribution is 7.90. The minimum Gasteiger partial charge on any atom is -0.397 e. The van der Waals surface area contributed by atoms with Gasteiger partial charge in [-0.3, -0.25) is 0 Å². The highest BCUT2D eigenvalue weighted by Crippen LogP contribution is 2.22. The maximum absolute atomic E-state index is 11.8. The van der Waals surface area contributed by atoms with E-state index in [-0.39, 0.29) is 16.4 Å². The molecule has 2 aromatic heterocycles. The zero-order valence-corrected chi connectivity index (χ0v) is 10.6. The molecule has 0 spiro atoms. The number of sulfonamides is 1. The van der Waals surface area contributed by atoms with Crippen molar-refractivity contribution in [2.45, 2.75) is 4.90 Å². The first kappa shape index (κ1) is 12.5. The lowest BCUT2D eigenvalue weighted by atomic mass is 10.4. The monoisotopic (exact) mass is 285 g/mol. The Bertz CT molecular complexity index is 709. The van der Waals surface area contributed by atoms with E-state index in [4.69, 9.17) is 17.3 Å². The van der Waals surface area contributed by atoms with Crippen molar-refractivity contribution in [3.05, 3.63) is 29.7 Å². The van der Waals surface area contributed by atoms with Gasteiger partial charge in [0.15, 0.2) is 5.82 Å². The molecular weight excluding hydrogens is 278 g/mol. The van der Waals surface area contributed by atoms with Crippen LogP contribution < -0.4 is 5.73 Å². The molecule has 7 nitrogen and oxygen atoms in total. The van der Waals surface area contributed by atoms with Gasteiger partial charge in [0.05, 0.1) is 29.3 Å². The Labute approximate surface area is 108 Å². The van der Waals surface area contributed by atoms with Gasteiger partial charge < -0.3 is 5.73 Å². The number of halogens is 1. The number of hydrogen-bond donors (Lipinski definition) is 1. The van der Waals surface area contributed by atoms with E-state index < -0.39 is 10.0 Å². The molecule has 0 saturated carbocycles. The third-order valence-corrected chi connectivity index (χ3v) is 3.46. The minimum atomic E-state index is -3.92. The Balaban J connectivity index is 2.72. The number of hydrogen-bond acceptors (Lipinski definition) is 5. The van der Waals surface area contributed by atoms with Crippen LogP contribution >= 0.6 is 11.6 Å². The summed E-state index contributed by atoms with van der Waals surface area (Å²) in [6.07, 6.45) is 4.09. The molecule has 18 heavy (non-hydrogen) atoms. The van der Waals surface area contributed by atoms with Crippen LogP contribution in [-0.2, 0) is 10.0 Å². The molecule has 2 heterocycles. The van der Waals surface area contributed by atoms with Gasteiger partial charge in [-0.15, -0.1) is 0 Å². The largest absolute Gasteiger partial charge is 0.397 e. The number of nitrogens with two attached hydrogens (primary N) is 1. The Kier molecular flexibility index (Phi) is 3.05. The highest BCUT2D eigenvalue weighted by atomic mass is 35.5. The summed E-state index contributed by atoms with van der Waals surface area (Å²) in [4.78, 5) is 3.74. The molecule has 2 rings (SSSR count). The van der Waals surface area contributed by atoms with E-state index in [1.807, 2.05) is 0 Å². The minimum absolute atomic E-state index is 0.0588. The summed E-state index contributed by atoms with van der Waals surface area (Å²) in [5.74, 6) is 0.0588. The van der Waals surface area contributed by atoms with Gasteiger partial charge in [0.2, 0.25) is 0 Å². The Morgan fingerprint density at radius 1 is 1.44 bits per heavy atom. The van der Waals surface area contributed by atoms with Crippen molar-refractivity contribution in [2.24, 2.45) is 4.40 Å². The molecule has 0 atom stereocenters. The number of pyridine rings is 1. The second-order valence-electron chi connectivity index (χ2n) is 3.30. The molecule has 0 amide bonds. The second kappa shape index (κ2) is 4.39. The molecule has 0 bridgehead atoms. The van der Waals surface area contributed by atoms with Gasteiger partial charge in [-0.2, -0.15) is 17.9 Å². The van der Waals surface area contributed by atoms with Gasteiger partial charge in [0, 0.05) is 6.72 Å². The summed E-state index contributed by atoms with van der Waals surface area (Å²) in [6, 6.07) is 1.24. The zero-order chi connectivity index (χ0) is 13.3. The van der Waals surface area contributed by atoms with Crippen molar-refractivity contribution in [1.29, 1.82) is 0 Å². The maximum Gasteiger partial charge on any atom is 0.285 e. The quantitative estimate of drug-likeness (QED) is 0.844. The summed E-state index contributed by atoms with van der Waals surface area (Å²) in [7, 11) is -3.92. The normalized spacial score (nSPS) is 11.4. The lowest BCUT2D eigenvalue weighted by molar-refractivity contribution is 0.596. The van der Waals surface area contributed by atoms with Gasteiger partial charge in [0.1, 0.15) is 4.90 Å². The predicted molar refractivity (Wildman–Crippen MR) is 67.5 cm³/mol. The number of rotatable bonds is 3. The van der Waals surface area contributed by atoms with Gasteiger partial charge in [-0.05, 0) is 6.07 Å². The lowest BCUT2D eigenvalue weighted by Crippen LogP contribution is -2.08. The van der Waals surface area contributed by atoms with Crippen LogP contribution in [0.1, 0.15) is 0 Å². The summed E-state index contributed by atoms with van der Waals surface area (Å²) < 4.78 is 27.8. The highest BCUT2D eigenvalue weighted by Gasteiger charge is 2.20. The number of nitrogens with zero attached hydrogens (tertiary/aromatic N) is 4. The van der Waals surface area contributed by atoms with Crippen molar-refractivity contribution >= 4 is 34.0 Å². The fourth-order valence-electron chi connectivity index (χ4n) is 1.30. The number of nitrogen functional groups attached to an aromatic ring is 1. The average molecular weight is 286 g/mol. The van der Waals surface area contributed by atoms with E-state index >= 15 is 0 Å². The third-order valence-electron chi connectivity index (χ3n) is 2.07. The summed E-state index contributed by atoms with van der Waals surface area (Å²) in [5, 5.41) is 4.23. The Morgan fingerprint density at radius 2 is 2.17 bits per heavy atom. The fourth-order valence-corrected chi connectivity index (χ4v) is 2.24. The first-order chi connectivity index (χ1) is 8.44. The smallest absolute Gasteiger partial charge is 0.285 e. The molecule has 94 valence electrons. The van der Waals surface area contributed by atoms with Crippen LogP contribution in [0, 0.1) is 0 Å². The van der Waals surface area contributed by atoms with Gasteiger partial charge >= 0.3 is 0 Å². The van der Waals surface area contributed by atoms with E-state index in [0.717, 1.165) is 0 Å². The number of anilines is 1. The van der Waals surface area contributed by atoms with Crippen LogP contribution in [0.3, 0.4) is 0 Å². The second-order valence-corrected chi connectivity index (χ2v) is 5.38. The van der Waals surface area contributed by atoms with Crippen molar-refractivity contribution < 1.29 is 8.42 Å². The summed E-state index contributed by atoms with van der Waals surface area (Å²) in [6.45, 7) is 3.02. The summed E-state index contributed by atoms with van der Waals surface area (Å²) >= 11 is 5.72. The van der Waals surface area contributed by atoms with E-state index in [0.29, 0.717) is 5.02 Å². The molecule has 0 unspecified atom stereocenters. The lowest BCUT2D eigenvalue weighted by Gasteiger charge is -2.07. The van der Waals surface area contributed by atoms with Crippen molar-refractivity contribution in [3.63, 3.8) is 0 Å². The van der Waals surface area contributed by atoms with Crippen molar-refractivity contribution in [3.8, 4) is 5.82 Å². The fraction of sp³-hybridized carbons (Fsp3) is 0. The molecule has 0 aromatic carbocycles. The molecule has 9 heteroatoms. The predicted octanol–water partition coefficient (Wildman–Crippen LogP) is 0.892. The van der Waals surface area contributed by atoms with Crippen molar-refractivity contribution in [2.75, 3.05) is 5.73 Å². The molecule has 0 radical (unpaired) electrons.